The summed E-state index contributed by atoms with van der Waals surface area (Å²) < 4.78 is 0. The Bertz CT molecular complexity index is 1770. The maximum absolute atomic E-state index is 12.9. The zero-order valence-corrected chi connectivity index (χ0v) is 24.7. The molecule has 0 saturated carbocycles. The molecule has 3 aromatic carbocycles. The number of benzene rings is 3. The Kier molecular flexibility index (Phi) is 8.93. The number of hydrogen-bond acceptors (Lipinski definition) is 6. The van der Waals surface area contributed by atoms with Crippen LogP contribution in [-0.2, 0) is 4.79 Å². The van der Waals surface area contributed by atoms with Crippen molar-refractivity contribution in [3.05, 3.63) is 108 Å². The number of aromatic amines is 1. The molecule has 0 aliphatic rings. The highest BCUT2D eigenvalue weighted by Gasteiger charge is 2.16. The van der Waals surface area contributed by atoms with Gasteiger partial charge in [-0.25, -0.2) is 9.97 Å². The number of rotatable bonds is 10. The molecule has 0 aliphatic carbocycles. The van der Waals surface area contributed by atoms with Gasteiger partial charge in [0, 0.05) is 64.1 Å². The summed E-state index contributed by atoms with van der Waals surface area (Å²) in [5.74, 6) is 0.216. The van der Waals surface area contributed by atoms with Crippen LogP contribution in [0.3, 0.4) is 0 Å². The molecular weight excluding hydrogens is 538 g/mol. The molecule has 2 heterocycles. The Morgan fingerprint density at radius 1 is 0.930 bits per heavy atom. The van der Waals surface area contributed by atoms with E-state index in [0.717, 1.165) is 33.4 Å². The van der Waals surface area contributed by atoms with Crippen molar-refractivity contribution in [1.82, 2.24) is 19.9 Å². The molecule has 2 aromatic heterocycles. The first-order chi connectivity index (χ1) is 20.8. The van der Waals surface area contributed by atoms with Crippen molar-refractivity contribution >= 4 is 45.7 Å². The molecule has 9 heteroatoms. The van der Waals surface area contributed by atoms with E-state index < -0.39 is 0 Å². The zero-order chi connectivity index (χ0) is 30.3. The molecule has 0 bridgehead atoms. The second-order valence-electron chi connectivity index (χ2n) is 10.8. The molecular formula is C34H35N7O2. The highest BCUT2D eigenvalue weighted by molar-refractivity contribution is 6.05. The second kappa shape index (κ2) is 13.1. The summed E-state index contributed by atoms with van der Waals surface area (Å²) in [5, 5.41) is 10.1. The van der Waals surface area contributed by atoms with Gasteiger partial charge in [0.05, 0.1) is 5.69 Å². The fraction of sp³-hybridized carbons (Fsp3) is 0.176. The molecule has 5 rings (SSSR count). The van der Waals surface area contributed by atoms with Crippen LogP contribution in [0.25, 0.3) is 22.2 Å². The van der Waals surface area contributed by atoms with Crippen LogP contribution >= 0.6 is 0 Å². The van der Waals surface area contributed by atoms with Crippen LogP contribution in [0, 0.1) is 0 Å². The molecule has 0 aliphatic heterocycles. The van der Waals surface area contributed by atoms with Gasteiger partial charge < -0.3 is 25.8 Å². The van der Waals surface area contributed by atoms with Gasteiger partial charge in [0.2, 0.25) is 11.9 Å². The number of para-hydroxylation sites is 1. The summed E-state index contributed by atoms with van der Waals surface area (Å²) in [6.45, 7) is 4.93. The Balaban J connectivity index is 1.27. The van der Waals surface area contributed by atoms with Crippen LogP contribution in [0.1, 0.15) is 35.7 Å². The van der Waals surface area contributed by atoms with E-state index in [0.29, 0.717) is 29.4 Å². The van der Waals surface area contributed by atoms with E-state index in [-0.39, 0.29) is 17.7 Å². The SMILES string of the molecule is CC(C)c1cnc(Nc2cccc(NC(=O)c3ccc(NC(=O)/C=C/CN(C)C)cc3)c2)nc1-c1c[nH]c2ccccc12. The van der Waals surface area contributed by atoms with E-state index in [4.69, 9.17) is 4.98 Å². The van der Waals surface area contributed by atoms with Crippen LogP contribution in [0.5, 0.6) is 0 Å². The smallest absolute Gasteiger partial charge is 0.255 e. The summed E-state index contributed by atoms with van der Waals surface area (Å²) in [6, 6.07) is 22.3. The van der Waals surface area contributed by atoms with Gasteiger partial charge in [-0.3, -0.25) is 9.59 Å². The predicted molar refractivity (Wildman–Crippen MR) is 174 cm³/mol. The lowest BCUT2D eigenvalue weighted by molar-refractivity contribution is -0.111. The first-order valence-corrected chi connectivity index (χ1v) is 14.1. The van der Waals surface area contributed by atoms with Crippen molar-refractivity contribution in [3.8, 4) is 11.3 Å². The number of carbonyl (C=O) groups excluding carboxylic acids is 2. The van der Waals surface area contributed by atoms with Crippen molar-refractivity contribution in [1.29, 1.82) is 0 Å². The number of anilines is 4. The molecule has 9 nitrogen and oxygen atoms in total. The minimum atomic E-state index is -0.264. The standard InChI is InChI=1S/C34H35N7O2/c1-22(2)28-20-36-34(40-32(28)29-21-35-30-12-6-5-11-27(29)30)39-26-10-7-9-25(19-26)38-33(43)23-14-16-24(17-15-23)37-31(42)13-8-18-41(3)4/h5-17,19-22,35H,18H2,1-4H3,(H,37,42)(H,38,43)(H,36,39,40)/b13-8+. The number of hydrogen-bond donors (Lipinski definition) is 4. The van der Waals surface area contributed by atoms with Gasteiger partial charge in [0.15, 0.2) is 0 Å². The monoisotopic (exact) mass is 573 g/mol. The Hall–Kier alpha value is -5.28. The molecule has 5 aromatic rings. The van der Waals surface area contributed by atoms with Crippen molar-refractivity contribution < 1.29 is 9.59 Å². The van der Waals surface area contributed by atoms with E-state index in [2.05, 4.69) is 45.8 Å². The number of H-pyrrole nitrogens is 1. The van der Waals surface area contributed by atoms with Gasteiger partial charge >= 0.3 is 0 Å². The highest BCUT2D eigenvalue weighted by Crippen LogP contribution is 2.33. The number of carbonyl (C=O) groups is 2. The molecule has 4 N–H and O–H groups in total. The van der Waals surface area contributed by atoms with E-state index >= 15 is 0 Å². The second-order valence-corrected chi connectivity index (χ2v) is 10.8. The molecule has 0 atom stereocenters. The third-order valence-electron chi connectivity index (χ3n) is 6.81. The average molecular weight is 574 g/mol. The predicted octanol–water partition coefficient (Wildman–Crippen LogP) is 6.80. The topological polar surface area (TPSA) is 115 Å². The van der Waals surface area contributed by atoms with Gasteiger partial charge in [-0.05, 0) is 74.1 Å². The average Bonchev–Trinajstić information content (AvgIpc) is 3.41. The zero-order valence-electron chi connectivity index (χ0n) is 24.7. The molecule has 0 fully saturated rings. The van der Waals surface area contributed by atoms with E-state index in [1.54, 1.807) is 30.3 Å². The van der Waals surface area contributed by atoms with Gasteiger partial charge in [0.25, 0.3) is 5.91 Å². The van der Waals surface area contributed by atoms with Gasteiger partial charge in [-0.15, -0.1) is 0 Å². The molecule has 0 saturated heterocycles. The van der Waals surface area contributed by atoms with Crippen molar-refractivity contribution in [2.24, 2.45) is 0 Å². The van der Waals surface area contributed by atoms with Crippen LogP contribution in [-0.4, -0.2) is 52.3 Å². The summed E-state index contributed by atoms with van der Waals surface area (Å²) in [7, 11) is 3.86. The van der Waals surface area contributed by atoms with E-state index in [9.17, 15) is 9.59 Å². The van der Waals surface area contributed by atoms with Gasteiger partial charge in [-0.2, -0.15) is 0 Å². The molecule has 218 valence electrons. The van der Waals surface area contributed by atoms with Crippen molar-refractivity contribution in [2.45, 2.75) is 19.8 Å². The van der Waals surface area contributed by atoms with Crippen molar-refractivity contribution in [2.75, 3.05) is 36.6 Å². The highest BCUT2D eigenvalue weighted by atomic mass is 16.2. The lowest BCUT2D eigenvalue weighted by Crippen LogP contribution is -2.13. The molecule has 0 spiro atoms. The van der Waals surface area contributed by atoms with E-state index in [1.807, 2.05) is 73.9 Å². The van der Waals surface area contributed by atoms with Crippen LogP contribution in [0.2, 0.25) is 0 Å². The van der Waals surface area contributed by atoms with Crippen molar-refractivity contribution in [3.63, 3.8) is 0 Å². The third kappa shape index (κ3) is 7.33. The first-order valence-electron chi connectivity index (χ1n) is 14.1. The van der Waals surface area contributed by atoms with E-state index in [1.165, 1.54) is 6.08 Å². The molecule has 0 unspecified atom stereocenters. The number of nitrogens with zero attached hydrogens (tertiary/aromatic N) is 3. The number of amides is 2. The van der Waals surface area contributed by atoms with Crippen LogP contribution in [0.15, 0.2) is 97.3 Å². The summed E-state index contributed by atoms with van der Waals surface area (Å²) >= 11 is 0. The van der Waals surface area contributed by atoms with Gasteiger partial charge in [-0.1, -0.05) is 44.2 Å². The summed E-state index contributed by atoms with van der Waals surface area (Å²) in [5.41, 5.74) is 6.44. The summed E-state index contributed by atoms with van der Waals surface area (Å²) in [6.07, 6.45) is 7.14. The quantitative estimate of drug-likeness (QED) is 0.137. The van der Waals surface area contributed by atoms with Crippen LogP contribution < -0.4 is 16.0 Å². The first kappa shape index (κ1) is 29.2. The van der Waals surface area contributed by atoms with Crippen LogP contribution in [0.4, 0.5) is 23.0 Å². The normalized spacial score (nSPS) is 11.4. The number of fused-ring (bicyclic) bond motifs is 1. The summed E-state index contributed by atoms with van der Waals surface area (Å²) in [4.78, 5) is 39.8. The Morgan fingerprint density at radius 2 is 1.70 bits per heavy atom. The maximum Gasteiger partial charge on any atom is 0.255 e. The number of nitrogens with one attached hydrogen (secondary N) is 4. The minimum absolute atomic E-state index is 0.222. The lowest BCUT2D eigenvalue weighted by atomic mass is 9.98. The maximum atomic E-state index is 12.9. The lowest BCUT2D eigenvalue weighted by Gasteiger charge is -2.14. The minimum Gasteiger partial charge on any atom is -0.360 e. The molecule has 2 amide bonds. The Labute approximate surface area is 251 Å². The fourth-order valence-electron chi connectivity index (χ4n) is 4.62. The van der Waals surface area contributed by atoms with Gasteiger partial charge in [0.1, 0.15) is 0 Å². The fourth-order valence-corrected chi connectivity index (χ4v) is 4.62. The largest absolute Gasteiger partial charge is 0.360 e. The Morgan fingerprint density at radius 3 is 2.47 bits per heavy atom. The third-order valence-corrected chi connectivity index (χ3v) is 6.81. The molecule has 0 radical (unpaired) electrons. The number of likely N-dealkylation sites (N-methyl/N-ethyl adjacent to an activating group) is 1. The number of aromatic nitrogens is 3. The molecule has 43 heavy (non-hydrogen) atoms.